The first-order chi connectivity index (χ1) is 13.9. The number of allylic oxidation sites excluding steroid dienone is 4. The van der Waals surface area contributed by atoms with E-state index < -0.39 is 23.3 Å². The number of carbonyl (C=O) groups is 3. The van der Waals surface area contributed by atoms with Gasteiger partial charge in [-0.15, -0.1) is 0 Å². The fourth-order valence-electron chi connectivity index (χ4n) is 3.32. The van der Waals surface area contributed by atoms with Crippen molar-refractivity contribution in [2.24, 2.45) is 0 Å². The van der Waals surface area contributed by atoms with E-state index in [2.05, 4.69) is 19.1 Å². The Morgan fingerprint density at radius 1 is 0.897 bits per heavy atom. The predicted molar refractivity (Wildman–Crippen MR) is 114 cm³/mol. The van der Waals surface area contributed by atoms with Crippen molar-refractivity contribution in [2.75, 3.05) is 0 Å². The van der Waals surface area contributed by atoms with Crippen molar-refractivity contribution in [3.8, 4) is 0 Å². The van der Waals surface area contributed by atoms with Crippen molar-refractivity contribution in [3.05, 3.63) is 34.8 Å². The molecule has 5 heteroatoms. The van der Waals surface area contributed by atoms with E-state index in [1.54, 1.807) is 0 Å². The monoisotopic (exact) mass is 404 g/mol. The van der Waals surface area contributed by atoms with Crippen molar-refractivity contribution in [1.29, 1.82) is 0 Å². The highest BCUT2D eigenvalue weighted by Gasteiger charge is 2.34. The predicted octanol–water partition coefficient (Wildman–Crippen LogP) is 6.04. The fraction of sp³-hybridized carbons (Fsp3) is 0.625. The number of hydrogen-bond acceptors (Lipinski definition) is 5. The van der Waals surface area contributed by atoms with Crippen LogP contribution < -0.4 is 0 Å². The van der Waals surface area contributed by atoms with Gasteiger partial charge in [0.05, 0.1) is 5.57 Å². The van der Waals surface area contributed by atoms with Gasteiger partial charge in [-0.1, -0.05) is 64.0 Å². The Hall–Kier alpha value is -2.17. The Morgan fingerprint density at radius 2 is 1.45 bits per heavy atom. The molecule has 0 aliphatic heterocycles. The van der Waals surface area contributed by atoms with Crippen LogP contribution in [0.3, 0.4) is 0 Å². The lowest BCUT2D eigenvalue weighted by Crippen LogP contribution is -2.25. The van der Waals surface area contributed by atoms with Gasteiger partial charge in [-0.05, 0) is 39.0 Å². The van der Waals surface area contributed by atoms with Gasteiger partial charge >= 0.3 is 5.97 Å². The van der Waals surface area contributed by atoms with Gasteiger partial charge in [0.1, 0.15) is 0 Å². The van der Waals surface area contributed by atoms with Gasteiger partial charge in [-0.2, -0.15) is 0 Å². The Labute approximate surface area is 174 Å². The Bertz CT molecular complexity index is 667. The molecule has 0 heterocycles. The average molecular weight is 405 g/mol. The van der Waals surface area contributed by atoms with Crippen LogP contribution in [0.5, 0.6) is 0 Å². The van der Waals surface area contributed by atoms with E-state index in [1.807, 2.05) is 0 Å². The van der Waals surface area contributed by atoms with Crippen LogP contribution >= 0.6 is 0 Å². The largest absolute Gasteiger partial charge is 0.504 e. The van der Waals surface area contributed by atoms with Gasteiger partial charge < -0.3 is 9.84 Å². The molecule has 0 saturated carbocycles. The van der Waals surface area contributed by atoms with Crippen LogP contribution in [0.25, 0.3) is 0 Å². The van der Waals surface area contributed by atoms with Crippen LogP contribution in [0.2, 0.25) is 0 Å². The minimum atomic E-state index is -0.645. The molecule has 0 saturated heterocycles. The van der Waals surface area contributed by atoms with Crippen molar-refractivity contribution in [2.45, 2.75) is 97.8 Å². The zero-order valence-electron chi connectivity index (χ0n) is 18.2. The van der Waals surface area contributed by atoms with E-state index >= 15 is 0 Å². The summed E-state index contributed by atoms with van der Waals surface area (Å²) in [7, 11) is 0. The highest BCUT2D eigenvalue weighted by molar-refractivity contribution is 6.23. The molecule has 1 N–H and O–H groups in total. The standard InChI is InChI=1S/C24H36O5/c1-4-5-6-7-8-9-10-11-12-13-14-15-16-17-20-23(28)21(26)18(2)22(27)24(20)29-19(3)25/h7-8,26H,4-6,9-17H2,1-3H3. The van der Waals surface area contributed by atoms with Crippen LogP contribution in [-0.4, -0.2) is 22.6 Å². The molecule has 0 unspecified atom stereocenters. The molecule has 0 aromatic rings. The summed E-state index contributed by atoms with van der Waals surface area (Å²) in [6.45, 7) is 4.76. The second kappa shape index (κ2) is 13.9. The maximum absolute atomic E-state index is 12.3. The Balaban J connectivity index is 2.30. The van der Waals surface area contributed by atoms with Gasteiger partial charge in [0.15, 0.2) is 11.5 Å². The third kappa shape index (κ3) is 8.80. The highest BCUT2D eigenvalue weighted by atomic mass is 16.5. The van der Waals surface area contributed by atoms with E-state index in [-0.39, 0.29) is 16.9 Å². The minimum absolute atomic E-state index is 0.0739. The summed E-state index contributed by atoms with van der Waals surface area (Å²) in [5.41, 5.74) is 0.0402. The van der Waals surface area contributed by atoms with Gasteiger partial charge in [0.2, 0.25) is 11.6 Å². The van der Waals surface area contributed by atoms with Crippen LogP contribution in [0.4, 0.5) is 0 Å². The molecular formula is C24H36O5. The molecule has 0 atom stereocenters. The lowest BCUT2D eigenvalue weighted by Gasteiger charge is -2.18. The summed E-state index contributed by atoms with van der Waals surface area (Å²) in [4.78, 5) is 35.8. The first-order valence-corrected chi connectivity index (χ1v) is 11.0. The molecule has 1 aliphatic rings. The number of unbranched alkanes of at least 4 members (excludes halogenated alkanes) is 9. The smallest absolute Gasteiger partial charge is 0.308 e. The summed E-state index contributed by atoms with van der Waals surface area (Å²) < 4.78 is 4.99. The highest BCUT2D eigenvalue weighted by Crippen LogP contribution is 2.28. The number of ketones is 2. The van der Waals surface area contributed by atoms with Crippen molar-refractivity contribution >= 4 is 17.5 Å². The fourth-order valence-corrected chi connectivity index (χ4v) is 3.32. The van der Waals surface area contributed by atoms with Gasteiger partial charge in [-0.25, -0.2) is 0 Å². The topological polar surface area (TPSA) is 80.7 Å². The van der Waals surface area contributed by atoms with E-state index in [9.17, 15) is 19.5 Å². The van der Waals surface area contributed by atoms with Crippen LogP contribution in [-0.2, 0) is 19.1 Å². The zero-order valence-corrected chi connectivity index (χ0v) is 18.2. The van der Waals surface area contributed by atoms with E-state index in [0.717, 1.165) is 25.7 Å². The zero-order chi connectivity index (χ0) is 21.6. The van der Waals surface area contributed by atoms with E-state index in [4.69, 9.17) is 4.74 Å². The molecule has 1 aliphatic carbocycles. The summed E-state index contributed by atoms with van der Waals surface area (Å²) in [5, 5.41) is 9.87. The third-order valence-corrected chi connectivity index (χ3v) is 5.10. The summed E-state index contributed by atoms with van der Waals surface area (Å²) in [5.74, 6) is -2.59. The molecule has 0 radical (unpaired) electrons. The quantitative estimate of drug-likeness (QED) is 0.165. The summed E-state index contributed by atoms with van der Waals surface area (Å²) in [6.07, 6.45) is 17.3. The molecule has 0 amide bonds. The molecule has 0 aromatic carbocycles. The van der Waals surface area contributed by atoms with Gasteiger partial charge in [0.25, 0.3) is 0 Å². The van der Waals surface area contributed by atoms with Gasteiger partial charge in [0, 0.05) is 12.5 Å². The number of rotatable bonds is 14. The summed E-state index contributed by atoms with van der Waals surface area (Å²) in [6, 6.07) is 0. The van der Waals surface area contributed by atoms with E-state index in [0.29, 0.717) is 12.8 Å². The lowest BCUT2D eigenvalue weighted by molar-refractivity contribution is -0.140. The Morgan fingerprint density at radius 3 is 2.03 bits per heavy atom. The molecule has 0 bridgehead atoms. The second-order valence-electron chi connectivity index (χ2n) is 7.66. The number of aliphatic hydroxyl groups is 1. The van der Waals surface area contributed by atoms with Crippen molar-refractivity contribution < 1.29 is 24.2 Å². The number of ether oxygens (including phenoxy) is 1. The lowest BCUT2D eigenvalue weighted by atomic mass is 9.90. The number of carbonyl (C=O) groups excluding carboxylic acids is 3. The van der Waals surface area contributed by atoms with Crippen LogP contribution in [0, 0.1) is 0 Å². The minimum Gasteiger partial charge on any atom is -0.504 e. The van der Waals surface area contributed by atoms with Crippen LogP contribution in [0.1, 0.15) is 97.8 Å². The van der Waals surface area contributed by atoms with Crippen molar-refractivity contribution in [1.82, 2.24) is 0 Å². The number of hydrogen-bond donors (Lipinski definition) is 1. The molecule has 162 valence electrons. The average Bonchev–Trinajstić information content (AvgIpc) is 2.69. The molecule has 0 fully saturated rings. The number of esters is 1. The second-order valence-corrected chi connectivity index (χ2v) is 7.66. The van der Waals surface area contributed by atoms with E-state index in [1.165, 1.54) is 52.4 Å². The number of aliphatic hydroxyl groups excluding tert-OH is 1. The number of Topliss-reactive ketones (excluding diaryl/α,β-unsaturated/α-hetero) is 2. The van der Waals surface area contributed by atoms with Crippen LogP contribution in [0.15, 0.2) is 34.8 Å². The van der Waals surface area contributed by atoms with Crippen molar-refractivity contribution in [3.63, 3.8) is 0 Å². The molecule has 0 spiro atoms. The molecule has 0 aromatic heterocycles. The maximum atomic E-state index is 12.3. The molecular weight excluding hydrogens is 368 g/mol. The van der Waals surface area contributed by atoms with Gasteiger partial charge in [-0.3, -0.25) is 14.4 Å². The SMILES string of the molecule is CCCCC=CCCCCCCCCCC1=C(OC(C)=O)C(=O)C(C)=C(O)C1=O. The maximum Gasteiger partial charge on any atom is 0.308 e. The molecule has 1 rings (SSSR count). The third-order valence-electron chi connectivity index (χ3n) is 5.10. The first kappa shape index (κ1) is 24.9. The summed E-state index contributed by atoms with van der Waals surface area (Å²) >= 11 is 0. The normalized spacial score (nSPS) is 15.0. The molecule has 29 heavy (non-hydrogen) atoms. The Kier molecular flexibility index (Phi) is 11.9. The molecule has 5 nitrogen and oxygen atoms in total. The first-order valence-electron chi connectivity index (χ1n) is 11.0.